The summed E-state index contributed by atoms with van der Waals surface area (Å²) in [7, 11) is 0. The zero-order valence-corrected chi connectivity index (χ0v) is 5.35. The Morgan fingerprint density at radius 2 is 2.25 bits per heavy atom. The fraction of sp³-hybridized carbons (Fsp3) is 0.833. The summed E-state index contributed by atoms with van der Waals surface area (Å²) in [6.07, 6.45) is 0.529. The summed E-state index contributed by atoms with van der Waals surface area (Å²) in [5.41, 5.74) is 0. The third kappa shape index (κ3) is 2.07. The van der Waals surface area contributed by atoms with Crippen LogP contribution in [0.1, 0.15) is 20.3 Å². The summed E-state index contributed by atoms with van der Waals surface area (Å²) >= 11 is 0. The van der Waals surface area contributed by atoms with Gasteiger partial charge in [-0.1, -0.05) is 13.8 Å². The first-order valence-corrected chi connectivity index (χ1v) is 2.86. The summed E-state index contributed by atoms with van der Waals surface area (Å²) in [6.45, 7) is 3.51. The Morgan fingerprint density at radius 3 is 2.38 bits per heavy atom. The van der Waals surface area contributed by atoms with E-state index in [0.717, 1.165) is 0 Å². The van der Waals surface area contributed by atoms with Crippen molar-refractivity contribution in [2.24, 2.45) is 5.92 Å². The number of hydrogen-bond acceptors (Lipinski definition) is 2. The lowest BCUT2D eigenvalue weighted by atomic mass is 10.1. The third-order valence-corrected chi connectivity index (χ3v) is 1.17. The SMILES string of the molecule is CCC(=O)[C@@H](C)CO. The molecule has 0 saturated carbocycles. The lowest BCUT2D eigenvalue weighted by molar-refractivity contribution is -0.123. The molecule has 2 heteroatoms. The number of carbonyl (C=O) groups is 1. The highest BCUT2D eigenvalue weighted by molar-refractivity contribution is 5.80. The number of aliphatic hydroxyl groups excluding tert-OH is 1. The van der Waals surface area contributed by atoms with Gasteiger partial charge in [0.25, 0.3) is 0 Å². The van der Waals surface area contributed by atoms with Gasteiger partial charge in [0.1, 0.15) is 5.78 Å². The van der Waals surface area contributed by atoms with Crippen molar-refractivity contribution >= 4 is 5.78 Å². The van der Waals surface area contributed by atoms with Crippen molar-refractivity contribution in [2.45, 2.75) is 20.3 Å². The molecule has 2 nitrogen and oxygen atoms in total. The second-order valence-electron chi connectivity index (χ2n) is 1.90. The molecule has 0 aliphatic carbocycles. The first-order chi connectivity index (χ1) is 3.72. The number of rotatable bonds is 3. The van der Waals surface area contributed by atoms with Crippen LogP contribution in [-0.2, 0) is 4.79 Å². The van der Waals surface area contributed by atoms with Gasteiger partial charge in [0, 0.05) is 12.3 Å². The van der Waals surface area contributed by atoms with Gasteiger partial charge >= 0.3 is 0 Å². The van der Waals surface area contributed by atoms with Gasteiger partial charge in [-0.3, -0.25) is 4.79 Å². The van der Waals surface area contributed by atoms with Crippen LogP contribution in [0, 0.1) is 5.92 Å². The van der Waals surface area contributed by atoms with Crippen molar-refractivity contribution in [2.75, 3.05) is 6.61 Å². The van der Waals surface area contributed by atoms with Crippen LogP contribution in [0.5, 0.6) is 0 Å². The van der Waals surface area contributed by atoms with E-state index in [-0.39, 0.29) is 18.3 Å². The number of carbonyl (C=O) groups excluding carboxylic acids is 1. The highest BCUT2D eigenvalue weighted by atomic mass is 16.3. The van der Waals surface area contributed by atoms with E-state index >= 15 is 0 Å². The molecule has 0 spiro atoms. The van der Waals surface area contributed by atoms with Crippen LogP contribution in [0.3, 0.4) is 0 Å². The summed E-state index contributed by atoms with van der Waals surface area (Å²) in [5, 5.41) is 8.42. The van der Waals surface area contributed by atoms with Gasteiger partial charge in [0.2, 0.25) is 0 Å². The molecule has 0 radical (unpaired) electrons. The second kappa shape index (κ2) is 3.61. The molecule has 0 rings (SSSR count). The highest BCUT2D eigenvalue weighted by Crippen LogP contribution is 1.96. The van der Waals surface area contributed by atoms with Crippen LogP contribution < -0.4 is 0 Å². The second-order valence-corrected chi connectivity index (χ2v) is 1.90. The molecule has 0 unspecified atom stereocenters. The lowest BCUT2D eigenvalue weighted by Gasteiger charge is -2.01. The van der Waals surface area contributed by atoms with E-state index in [9.17, 15) is 4.79 Å². The van der Waals surface area contributed by atoms with E-state index in [4.69, 9.17) is 5.11 Å². The van der Waals surface area contributed by atoms with Crippen LogP contribution in [-0.4, -0.2) is 17.5 Å². The van der Waals surface area contributed by atoms with Gasteiger partial charge in [0.15, 0.2) is 0 Å². The zero-order chi connectivity index (χ0) is 6.57. The number of ketones is 1. The Morgan fingerprint density at radius 1 is 1.75 bits per heavy atom. The average Bonchev–Trinajstić information content (AvgIpc) is 1.84. The van der Waals surface area contributed by atoms with E-state index < -0.39 is 0 Å². The van der Waals surface area contributed by atoms with Crippen molar-refractivity contribution in [3.8, 4) is 0 Å². The number of hydrogen-bond donors (Lipinski definition) is 1. The molecule has 48 valence electrons. The normalized spacial score (nSPS) is 13.4. The molecule has 0 amide bonds. The topological polar surface area (TPSA) is 37.3 Å². The number of aliphatic hydroxyl groups is 1. The first-order valence-electron chi connectivity index (χ1n) is 2.86. The maximum atomic E-state index is 10.6. The number of Topliss-reactive ketones (excluding diaryl/α,β-unsaturated/α-hetero) is 1. The van der Waals surface area contributed by atoms with Crippen LogP contribution in [0.2, 0.25) is 0 Å². The third-order valence-electron chi connectivity index (χ3n) is 1.17. The molecule has 0 saturated heterocycles. The summed E-state index contributed by atoms with van der Waals surface area (Å²) < 4.78 is 0. The molecular weight excluding hydrogens is 104 g/mol. The highest BCUT2D eigenvalue weighted by Gasteiger charge is 2.06. The molecule has 0 aliphatic heterocycles. The molecule has 0 aromatic carbocycles. The van der Waals surface area contributed by atoms with Crippen LogP contribution >= 0.6 is 0 Å². The summed E-state index contributed by atoms with van der Waals surface area (Å²) in [6, 6.07) is 0. The minimum Gasteiger partial charge on any atom is -0.396 e. The average molecular weight is 116 g/mol. The fourth-order valence-electron chi connectivity index (χ4n) is 0.450. The Bertz CT molecular complexity index is 78.6. The molecule has 8 heavy (non-hydrogen) atoms. The molecule has 0 aromatic rings. The van der Waals surface area contributed by atoms with E-state index in [1.807, 2.05) is 0 Å². The van der Waals surface area contributed by atoms with Crippen molar-refractivity contribution in [1.29, 1.82) is 0 Å². The Kier molecular flexibility index (Phi) is 3.44. The Hall–Kier alpha value is -0.370. The van der Waals surface area contributed by atoms with E-state index in [2.05, 4.69) is 0 Å². The minimum atomic E-state index is -0.167. The summed E-state index contributed by atoms with van der Waals surface area (Å²) in [4.78, 5) is 10.6. The van der Waals surface area contributed by atoms with Crippen LogP contribution in [0.4, 0.5) is 0 Å². The predicted molar refractivity (Wildman–Crippen MR) is 31.5 cm³/mol. The van der Waals surface area contributed by atoms with Gasteiger partial charge in [-0.05, 0) is 0 Å². The molecule has 0 aromatic heterocycles. The van der Waals surface area contributed by atoms with Gasteiger partial charge in [-0.15, -0.1) is 0 Å². The van der Waals surface area contributed by atoms with Crippen molar-refractivity contribution in [3.63, 3.8) is 0 Å². The van der Waals surface area contributed by atoms with Crippen molar-refractivity contribution in [3.05, 3.63) is 0 Å². The molecule has 0 fully saturated rings. The van der Waals surface area contributed by atoms with Gasteiger partial charge < -0.3 is 5.11 Å². The van der Waals surface area contributed by atoms with Crippen molar-refractivity contribution in [1.82, 2.24) is 0 Å². The van der Waals surface area contributed by atoms with Gasteiger partial charge in [0.05, 0.1) is 6.61 Å². The molecule has 0 aliphatic rings. The lowest BCUT2D eigenvalue weighted by Crippen LogP contribution is -2.12. The van der Waals surface area contributed by atoms with Gasteiger partial charge in [-0.2, -0.15) is 0 Å². The monoisotopic (exact) mass is 116 g/mol. The first kappa shape index (κ1) is 7.63. The molecule has 1 atom stereocenters. The van der Waals surface area contributed by atoms with E-state index in [1.54, 1.807) is 13.8 Å². The fourth-order valence-corrected chi connectivity index (χ4v) is 0.450. The van der Waals surface area contributed by atoms with Crippen LogP contribution in [0.25, 0.3) is 0 Å². The van der Waals surface area contributed by atoms with Crippen LogP contribution in [0.15, 0.2) is 0 Å². The molecule has 0 heterocycles. The zero-order valence-electron chi connectivity index (χ0n) is 5.35. The summed E-state index contributed by atoms with van der Waals surface area (Å²) in [5.74, 6) is -0.0347. The maximum absolute atomic E-state index is 10.6. The van der Waals surface area contributed by atoms with Crippen molar-refractivity contribution < 1.29 is 9.90 Å². The van der Waals surface area contributed by atoms with E-state index in [1.165, 1.54) is 0 Å². The Labute approximate surface area is 49.5 Å². The predicted octanol–water partition coefficient (Wildman–Crippen LogP) is 0.594. The largest absolute Gasteiger partial charge is 0.396 e. The minimum absolute atomic E-state index is 0.0212. The molecule has 1 N–H and O–H groups in total. The maximum Gasteiger partial charge on any atom is 0.137 e. The standard InChI is InChI=1S/C6H12O2/c1-3-6(8)5(2)4-7/h5,7H,3-4H2,1-2H3/t5-/m0/s1. The molecule has 0 bridgehead atoms. The molecular formula is C6H12O2. The quantitative estimate of drug-likeness (QED) is 0.586. The van der Waals surface area contributed by atoms with Gasteiger partial charge in [-0.25, -0.2) is 0 Å². The smallest absolute Gasteiger partial charge is 0.137 e. The Balaban J connectivity index is 3.46. The van der Waals surface area contributed by atoms with E-state index in [0.29, 0.717) is 6.42 Å².